The van der Waals surface area contributed by atoms with Crippen molar-refractivity contribution in [3.63, 3.8) is 0 Å². The molecule has 6 nitrogen and oxygen atoms in total. The Balaban J connectivity index is 1.60. The van der Waals surface area contributed by atoms with Gasteiger partial charge in [-0.05, 0) is 30.2 Å². The zero-order valence-corrected chi connectivity index (χ0v) is 17.7. The van der Waals surface area contributed by atoms with Gasteiger partial charge in [0.2, 0.25) is 5.91 Å². The Labute approximate surface area is 175 Å². The van der Waals surface area contributed by atoms with Crippen LogP contribution in [-0.2, 0) is 21.1 Å². The molecule has 2 aromatic rings. The first-order chi connectivity index (χ1) is 13.9. The SMILES string of the molecule is COc1ccc(N2C(=O)CN(CCc3ccccc3)[C@H]3CS(=O)(=O)C[C@H]32)cc1Cl. The van der Waals surface area contributed by atoms with Crippen LogP contribution in [0.3, 0.4) is 0 Å². The summed E-state index contributed by atoms with van der Waals surface area (Å²) < 4.78 is 30.1. The maximum absolute atomic E-state index is 13.1. The first-order valence-corrected chi connectivity index (χ1v) is 11.7. The quantitative estimate of drug-likeness (QED) is 0.723. The number of anilines is 1. The fraction of sp³-hybridized carbons (Fsp3) is 0.381. The average Bonchev–Trinajstić information content (AvgIpc) is 3.01. The normalized spacial score (nSPS) is 23.8. The highest BCUT2D eigenvalue weighted by Gasteiger charge is 2.49. The number of carbonyl (C=O) groups excluding carboxylic acids is 1. The van der Waals surface area contributed by atoms with E-state index >= 15 is 0 Å². The van der Waals surface area contributed by atoms with Crippen molar-refractivity contribution in [2.45, 2.75) is 18.5 Å². The molecule has 0 saturated carbocycles. The number of benzene rings is 2. The van der Waals surface area contributed by atoms with E-state index in [0.717, 1.165) is 6.42 Å². The molecule has 0 aliphatic carbocycles. The topological polar surface area (TPSA) is 66.9 Å². The number of sulfone groups is 1. The molecule has 2 saturated heterocycles. The van der Waals surface area contributed by atoms with Crippen LogP contribution in [0.1, 0.15) is 5.56 Å². The van der Waals surface area contributed by atoms with Crippen molar-refractivity contribution in [2.75, 3.05) is 36.6 Å². The molecule has 2 aliphatic rings. The zero-order chi connectivity index (χ0) is 20.6. The Morgan fingerprint density at radius 3 is 2.52 bits per heavy atom. The fourth-order valence-corrected chi connectivity index (χ4v) is 6.49. The number of methoxy groups -OCH3 is 1. The molecular formula is C21H23ClN2O4S. The number of amides is 1. The van der Waals surface area contributed by atoms with E-state index in [0.29, 0.717) is 23.0 Å². The van der Waals surface area contributed by atoms with Crippen molar-refractivity contribution in [3.8, 4) is 5.75 Å². The largest absolute Gasteiger partial charge is 0.495 e. The van der Waals surface area contributed by atoms with Gasteiger partial charge >= 0.3 is 0 Å². The van der Waals surface area contributed by atoms with Gasteiger partial charge in [-0.15, -0.1) is 0 Å². The number of rotatable bonds is 5. The standard InChI is InChI=1S/C21H23ClN2O4S/c1-28-20-8-7-16(11-17(20)22)24-19-14-29(26,27)13-18(19)23(12-21(24)25)10-9-15-5-3-2-4-6-15/h2-8,11,18-19H,9-10,12-14H2,1H3/t18-,19+/m0/s1. The van der Waals surface area contributed by atoms with Crippen molar-refractivity contribution in [2.24, 2.45) is 0 Å². The predicted molar refractivity (Wildman–Crippen MR) is 113 cm³/mol. The van der Waals surface area contributed by atoms with E-state index in [-0.39, 0.29) is 30.0 Å². The number of hydrogen-bond acceptors (Lipinski definition) is 5. The second-order valence-electron chi connectivity index (χ2n) is 7.50. The van der Waals surface area contributed by atoms with Gasteiger partial charge in [-0.25, -0.2) is 8.42 Å². The third-order valence-electron chi connectivity index (χ3n) is 5.65. The van der Waals surface area contributed by atoms with E-state index in [4.69, 9.17) is 16.3 Å². The van der Waals surface area contributed by atoms with E-state index in [1.54, 1.807) is 23.1 Å². The van der Waals surface area contributed by atoms with E-state index in [1.807, 2.05) is 35.2 Å². The molecule has 2 fully saturated rings. The van der Waals surface area contributed by atoms with E-state index < -0.39 is 15.9 Å². The van der Waals surface area contributed by atoms with Crippen LogP contribution >= 0.6 is 11.6 Å². The van der Waals surface area contributed by atoms with Gasteiger partial charge in [0.15, 0.2) is 9.84 Å². The summed E-state index contributed by atoms with van der Waals surface area (Å²) in [7, 11) is -1.70. The number of ether oxygens (including phenoxy) is 1. The summed E-state index contributed by atoms with van der Waals surface area (Å²) in [5.74, 6) is 0.437. The van der Waals surface area contributed by atoms with Gasteiger partial charge in [0.05, 0.1) is 36.2 Å². The molecule has 29 heavy (non-hydrogen) atoms. The number of hydrogen-bond donors (Lipinski definition) is 0. The molecule has 154 valence electrons. The van der Waals surface area contributed by atoms with Crippen LogP contribution in [0.5, 0.6) is 5.75 Å². The Hall–Kier alpha value is -2.09. The monoisotopic (exact) mass is 434 g/mol. The van der Waals surface area contributed by atoms with Gasteiger partial charge in [-0.2, -0.15) is 0 Å². The van der Waals surface area contributed by atoms with Gasteiger partial charge in [0, 0.05) is 18.3 Å². The lowest BCUT2D eigenvalue weighted by Gasteiger charge is -2.43. The molecule has 0 spiro atoms. The molecule has 2 aliphatic heterocycles. The summed E-state index contributed by atoms with van der Waals surface area (Å²) >= 11 is 6.25. The third-order valence-corrected chi connectivity index (χ3v) is 7.64. The van der Waals surface area contributed by atoms with Crippen LogP contribution in [0.25, 0.3) is 0 Å². The number of carbonyl (C=O) groups is 1. The number of fused-ring (bicyclic) bond motifs is 1. The predicted octanol–water partition coefficient (Wildman–Crippen LogP) is 2.41. The molecule has 0 aromatic heterocycles. The molecule has 0 bridgehead atoms. The lowest BCUT2D eigenvalue weighted by molar-refractivity contribution is -0.123. The molecule has 4 rings (SSSR count). The molecule has 0 radical (unpaired) electrons. The number of halogens is 1. The minimum absolute atomic E-state index is 0.0328. The summed E-state index contributed by atoms with van der Waals surface area (Å²) in [5, 5.41) is 0.390. The summed E-state index contributed by atoms with van der Waals surface area (Å²) in [5.41, 5.74) is 1.78. The first-order valence-electron chi connectivity index (χ1n) is 9.52. The molecule has 0 N–H and O–H groups in total. The highest BCUT2D eigenvalue weighted by molar-refractivity contribution is 7.91. The van der Waals surface area contributed by atoms with E-state index in [9.17, 15) is 13.2 Å². The van der Waals surface area contributed by atoms with Crippen LogP contribution in [0, 0.1) is 0 Å². The summed E-state index contributed by atoms with van der Waals surface area (Å²) in [6.45, 7) is 0.830. The van der Waals surface area contributed by atoms with Crippen molar-refractivity contribution >= 4 is 33.0 Å². The lowest BCUT2D eigenvalue weighted by atomic mass is 10.0. The fourth-order valence-electron chi connectivity index (χ4n) is 4.26. The Kier molecular flexibility index (Phi) is 5.55. The maximum Gasteiger partial charge on any atom is 0.241 e. The van der Waals surface area contributed by atoms with Gasteiger partial charge < -0.3 is 9.64 Å². The lowest BCUT2D eigenvalue weighted by Crippen LogP contribution is -2.62. The second-order valence-corrected chi connectivity index (χ2v) is 10.1. The third kappa shape index (κ3) is 4.13. The van der Waals surface area contributed by atoms with Gasteiger partial charge in [0.1, 0.15) is 5.75 Å². The molecule has 1 amide bonds. The van der Waals surface area contributed by atoms with Crippen LogP contribution in [-0.4, -0.2) is 63.0 Å². The minimum atomic E-state index is -3.23. The van der Waals surface area contributed by atoms with Crippen LogP contribution in [0.2, 0.25) is 5.02 Å². The second kappa shape index (κ2) is 7.97. The zero-order valence-electron chi connectivity index (χ0n) is 16.1. The highest BCUT2D eigenvalue weighted by atomic mass is 35.5. The van der Waals surface area contributed by atoms with Crippen molar-refractivity contribution < 1.29 is 17.9 Å². The first kappa shape index (κ1) is 20.2. The van der Waals surface area contributed by atoms with E-state index in [2.05, 4.69) is 0 Å². The van der Waals surface area contributed by atoms with Crippen molar-refractivity contribution in [3.05, 3.63) is 59.1 Å². The van der Waals surface area contributed by atoms with Gasteiger partial charge in [0.25, 0.3) is 0 Å². The average molecular weight is 435 g/mol. The smallest absolute Gasteiger partial charge is 0.241 e. The molecule has 2 atom stereocenters. The highest BCUT2D eigenvalue weighted by Crippen LogP contribution is 2.35. The summed E-state index contributed by atoms with van der Waals surface area (Å²) in [6, 6.07) is 14.5. The van der Waals surface area contributed by atoms with Gasteiger partial charge in [-0.1, -0.05) is 41.9 Å². The summed E-state index contributed by atoms with van der Waals surface area (Å²) in [6.07, 6.45) is 0.770. The molecule has 2 heterocycles. The number of nitrogens with zero attached hydrogens (tertiary/aromatic N) is 2. The van der Waals surface area contributed by atoms with E-state index in [1.165, 1.54) is 12.7 Å². The molecule has 2 aromatic carbocycles. The maximum atomic E-state index is 13.1. The van der Waals surface area contributed by atoms with Crippen LogP contribution < -0.4 is 9.64 Å². The Morgan fingerprint density at radius 1 is 1.10 bits per heavy atom. The molecule has 0 unspecified atom stereocenters. The van der Waals surface area contributed by atoms with Crippen LogP contribution in [0.4, 0.5) is 5.69 Å². The Bertz CT molecular complexity index is 1010. The summed E-state index contributed by atoms with van der Waals surface area (Å²) in [4.78, 5) is 16.7. The minimum Gasteiger partial charge on any atom is -0.495 e. The molecule has 8 heteroatoms. The molecular weight excluding hydrogens is 412 g/mol. The number of piperazine rings is 1. The Morgan fingerprint density at radius 2 is 1.83 bits per heavy atom. The van der Waals surface area contributed by atoms with Crippen molar-refractivity contribution in [1.29, 1.82) is 0 Å². The van der Waals surface area contributed by atoms with Gasteiger partial charge in [-0.3, -0.25) is 9.69 Å². The van der Waals surface area contributed by atoms with Crippen molar-refractivity contribution in [1.82, 2.24) is 4.90 Å². The van der Waals surface area contributed by atoms with Crippen LogP contribution in [0.15, 0.2) is 48.5 Å².